The molecule has 3 heteroatoms. The molecule has 3 nitrogen and oxygen atoms in total. The van der Waals surface area contributed by atoms with Crippen LogP contribution < -0.4 is 0 Å². The maximum Gasteiger partial charge on any atom is 0.158 e. The highest BCUT2D eigenvalue weighted by atomic mass is 16.7. The smallest absolute Gasteiger partial charge is 0.158 e. The summed E-state index contributed by atoms with van der Waals surface area (Å²) in [6.07, 6.45) is 4.18. The molecule has 0 saturated carbocycles. The summed E-state index contributed by atoms with van der Waals surface area (Å²) in [4.78, 5) is 0. The molecular weight excluding hydrogens is 228 g/mol. The van der Waals surface area contributed by atoms with Gasteiger partial charge in [0.25, 0.3) is 0 Å². The van der Waals surface area contributed by atoms with Crippen LogP contribution in [0.4, 0.5) is 0 Å². The molecule has 1 atom stereocenters. The number of aliphatic hydroxyl groups is 1. The zero-order chi connectivity index (χ0) is 12.9. The van der Waals surface area contributed by atoms with Gasteiger partial charge in [-0.3, -0.25) is 0 Å². The molecule has 1 saturated heterocycles. The molecule has 1 unspecified atom stereocenters. The molecule has 0 aliphatic carbocycles. The summed E-state index contributed by atoms with van der Waals surface area (Å²) in [6, 6.07) is 0. The quantitative estimate of drug-likeness (QED) is 0.747. The standard InChI is InChI=1S/C15H18O3/c16-12-8-5-3-1-2-4-6-9-13-17-15-11-7-10-14-18-15/h15-16H,3-4,7,10-14H2. The highest BCUT2D eigenvalue weighted by Gasteiger charge is 2.12. The van der Waals surface area contributed by atoms with Crippen LogP contribution in [0.3, 0.4) is 0 Å². The minimum Gasteiger partial charge on any atom is -0.384 e. The molecule has 0 spiro atoms. The first-order valence-electron chi connectivity index (χ1n) is 6.14. The second kappa shape index (κ2) is 10.7. The van der Waals surface area contributed by atoms with Crippen molar-refractivity contribution < 1.29 is 14.6 Å². The summed E-state index contributed by atoms with van der Waals surface area (Å²) < 4.78 is 10.9. The van der Waals surface area contributed by atoms with Gasteiger partial charge in [-0.15, -0.1) is 0 Å². The van der Waals surface area contributed by atoms with Gasteiger partial charge in [0.2, 0.25) is 0 Å². The number of hydrogen-bond acceptors (Lipinski definition) is 3. The molecule has 0 aromatic heterocycles. The number of ether oxygens (including phenoxy) is 2. The van der Waals surface area contributed by atoms with Crippen LogP contribution in [0.2, 0.25) is 0 Å². The summed E-state index contributed by atoms with van der Waals surface area (Å²) in [5, 5.41) is 8.41. The molecule has 1 fully saturated rings. The van der Waals surface area contributed by atoms with Crippen molar-refractivity contribution in [1.29, 1.82) is 0 Å². The van der Waals surface area contributed by atoms with Gasteiger partial charge in [0.1, 0.15) is 13.2 Å². The Labute approximate surface area is 109 Å². The van der Waals surface area contributed by atoms with Crippen LogP contribution in [0.25, 0.3) is 0 Å². The Morgan fingerprint density at radius 1 is 1.00 bits per heavy atom. The first kappa shape index (κ1) is 14.6. The van der Waals surface area contributed by atoms with E-state index in [9.17, 15) is 0 Å². The molecule has 1 N–H and O–H groups in total. The lowest BCUT2D eigenvalue weighted by molar-refractivity contribution is -0.154. The average molecular weight is 246 g/mol. The van der Waals surface area contributed by atoms with Crippen LogP contribution in [0.1, 0.15) is 32.1 Å². The lowest BCUT2D eigenvalue weighted by Crippen LogP contribution is -2.22. The molecule has 1 aliphatic heterocycles. The largest absolute Gasteiger partial charge is 0.384 e. The number of hydrogen-bond donors (Lipinski definition) is 1. The Balaban J connectivity index is 2.03. The zero-order valence-electron chi connectivity index (χ0n) is 10.5. The fraction of sp³-hybridized carbons (Fsp3) is 0.600. The summed E-state index contributed by atoms with van der Waals surface area (Å²) in [6.45, 7) is 1.08. The number of aliphatic hydroxyl groups excluding tert-OH is 1. The first-order valence-corrected chi connectivity index (χ1v) is 6.14. The summed E-state index contributed by atoms with van der Waals surface area (Å²) in [5.74, 6) is 16.8. The van der Waals surface area contributed by atoms with Crippen molar-refractivity contribution in [2.24, 2.45) is 0 Å². The third-order valence-electron chi connectivity index (χ3n) is 2.29. The van der Waals surface area contributed by atoms with Crippen LogP contribution in [0, 0.1) is 35.5 Å². The molecule has 0 aromatic carbocycles. The molecule has 0 aromatic rings. The van der Waals surface area contributed by atoms with Gasteiger partial charge < -0.3 is 14.6 Å². The van der Waals surface area contributed by atoms with Crippen molar-refractivity contribution in [3.05, 3.63) is 0 Å². The minimum atomic E-state index is -0.109. The van der Waals surface area contributed by atoms with Gasteiger partial charge in [0, 0.05) is 6.61 Å². The Morgan fingerprint density at radius 2 is 1.72 bits per heavy atom. The zero-order valence-corrected chi connectivity index (χ0v) is 10.5. The van der Waals surface area contributed by atoms with Gasteiger partial charge in [-0.2, -0.15) is 0 Å². The van der Waals surface area contributed by atoms with E-state index in [1.807, 2.05) is 0 Å². The maximum atomic E-state index is 8.41. The second-order valence-corrected chi connectivity index (χ2v) is 3.68. The monoisotopic (exact) mass is 246 g/mol. The molecule has 96 valence electrons. The highest BCUT2D eigenvalue weighted by Crippen LogP contribution is 2.12. The van der Waals surface area contributed by atoms with E-state index in [0.29, 0.717) is 19.4 Å². The topological polar surface area (TPSA) is 38.7 Å². The maximum absolute atomic E-state index is 8.41. The van der Waals surface area contributed by atoms with Gasteiger partial charge >= 0.3 is 0 Å². The van der Waals surface area contributed by atoms with E-state index in [0.717, 1.165) is 19.4 Å². The predicted molar refractivity (Wildman–Crippen MR) is 69.2 cm³/mol. The van der Waals surface area contributed by atoms with Crippen molar-refractivity contribution in [3.8, 4) is 35.5 Å². The van der Waals surface area contributed by atoms with Crippen LogP contribution in [-0.2, 0) is 9.47 Å². The van der Waals surface area contributed by atoms with Crippen LogP contribution >= 0.6 is 0 Å². The van der Waals surface area contributed by atoms with Crippen molar-refractivity contribution in [3.63, 3.8) is 0 Å². The highest BCUT2D eigenvalue weighted by molar-refractivity contribution is 5.16. The van der Waals surface area contributed by atoms with Crippen LogP contribution in [0.5, 0.6) is 0 Å². The SMILES string of the molecule is OCC#CCC#CCC#CCOC1CCCCO1. The fourth-order valence-corrected chi connectivity index (χ4v) is 1.42. The van der Waals surface area contributed by atoms with Crippen LogP contribution in [0.15, 0.2) is 0 Å². The summed E-state index contributed by atoms with van der Waals surface area (Å²) in [7, 11) is 0. The van der Waals surface area contributed by atoms with Gasteiger partial charge in [0.05, 0.1) is 12.8 Å². The average Bonchev–Trinajstić information content (AvgIpc) is 2.42. The Morgan fingerprint density at radius 3 is 2.39 bits per heavy atom. The Bertz CT molecular complexity index is 389. The van der Waals surface area contributed by atoms with Gasteiger partial charge in [-0.05, 0) is 19.3 Å². The van der Waals surface area contributed by atoms with Gasteiger partial charge in [-0.1, -0.05) is 35.5 Å². The molecule has 0 amide bonds. The molecule has 0 bridgehead atoms. The van der Waals surface area contributed by atoms with E-state index < -0.39 is 0 Å². The first-order chi connectivity index (χ1) is 8.93. The summed E-state index contributed by atoms with van der Waals surface area (Å²) in [5.41, 5.74) is 0. The van der Waals surface area contributed by atoms with Crippen LogP contribution in [-0.4, -0.2) is 31.2 Å². The predicted octanol–water partition coefficient (Wildman–Crippen LogP) is 1.31. The molecular formula is C15H18O3. The van der Waals surface area contributed by atoms with Crippen molar-refractivity contribution in [1.82, 2.24) is 0 Å². The lowest BCUT2D eigenvalue weighted by Gasteiger charge is -2.21. The summed E-state index contributed by atoms with van der Waals surface area (Å²) >= 11 is 0. The second-order valence-electron chi connectivity index (χ2n) is 3.68. The fourth-order valence-electron chi connectivity index (χ4n) is 1.42. The van der Waals surface area contributed by atoms with E-state index in [4.69, 9.17) is 14.6 Å². The Kier molecular flexibility index (Phi) is 8.69. The molecule has 1 heterocycles. The van der Waals surface area contributed by atoms with Gasteiger partial charge in [0.15, 0.2) is 6.29 Å². The lowest BCUT2D eigenvalue weighted by atomic mass is 10.2. The molecule has 18 heavy (non-hydrogen) atoms. The minimum absolute atomic E-state index is 0.0760. The van der Waals surface area contributed by atoms with E-state index >= 15 is 0 Å². The molecule has 1 rings (SSSR count). The van der Waals surface area contributed by atoms with Crippen molar-refractivity contribution in [2.45, 2.75) is 38.4 Å². The normalized spacial score (nSPS) is 17.5. The third-order valence-corrected chi connectivity index (χ3v) is 2.29. The van der Waals surface area contributed by atoms with Crippen molar-refractivity contribution >= 4 is 0 Å². The Hall–Kier alpha value is -1.44. The van der Waals surface area contributed by atoms with E-state index in [1.54, 1.807) is 0 Å². The molecule has 0 radical (unpaired) electrons. The van der Waals surface area contributed by atoms with Gasteiger partial charge in [-0.25, -0.2) is 0 Å². The number of rotatable bonds is 2. The van der Waals surface area contributed by atoms with E-state index in [1.165, 1.54) is 6.42 Å². The molecule has 1 aliphatic rings. The third kappa shape index (κ3) is 7.77. The van der Waals surface area contributed by atoms with Crippen molar-refractivity contribution in [2.75, 3.05) is 19.8 Å². The van der Waals surface area contributed by atoms with E-state index in [-0.39, 0.29) is 12.9 Å². The van der Waals surface area contributed by atoms with E-state index in [2.05, 4.69) is 35.5 Å².